The number of allylic oxidation sites excluding steroid dienone is 4. The van der Waals surface area contributed by atoms with E-state index < -0.39 is 5.79 Å². The fourth-order valence-electron chi connectivity index (χ4n) is 4.39. The van der Waals surface area contributed by atoms with E-state index in [1.807, 2.05) is 25.2 Å². The summed E-state index contributed by atoms with van der Waals surface area (Å²) in [6.07, 6.45) is 14.3. The van der Waals surface area contributed by atoms with E-state index in [1.165, 1.54) is 22.9 Å². The highest BCUT2D eigenvalue weighted by Gasteiger charge is 2.45. The van der Waals surface area contributed by atoms with Gasteiger partial charge in [-0.2, -0.15) is 0 Å². The van der Waals surface area contributed by atoms with Gasteiger partial charge in [0.25, 0.3) is 0 Å². The molecule has 5 heteroatoms. The second-order valence-electron chi connectivity index (χ2n) is 8.96. The summed E-state index contributed by atoms with van der Waals surface area (Å²) in [6, 6.07) is 0. The molecular weight excluding hydrogens is 378 g/mol. The molecule has 3 rings (SSSR count). The Morgan fingerprint density at radius 3 is 2.70 bits per heavy atom. The Balaban J connectivity index is 1.87. The maximum Gasteiger partial charge on any atom is 0.209 e. The summed E-state index contributed by atoms with van der Waals surface area (Å²) in [4.78, 5) is 12.2. The van der Waals surface area contributed by atoms with Crippen LogP contribution < -0.4 is 0 Å². The van der Waals surface area contributed by atoms with Crippen molar-refractivity contribution in [3.05, 3.63) is 58.2 Å². The van der Waals surface area contributed by atoms with E-state index in [4.69, 9.17) is 9.47 Å². The lowest BCUT2D eigenvalue weighted by atomic mass is 9.79. The highest BCUT2D eigenvalue weighted by Crippen LogP contribution is 2.42. The van der Waals surface area contributed by atoms with Gasteiger partial charge in [0.05, 0.1) is 18.4 Å². The second kappa shape index (κ2) is 9.27. The lowest BCUT2D eigenvalue weighted by Gasteiger charge is -2.45. The zero-order chi connectivity index (χ0) is 21.9. The first kappa shape index (κ1) is 22.4. The highest BCUT2D eigenvalue weighted by molar-refractivity contribution is 5.97. The highest BCUT2D eigenvalue weighted by atomic mass is 16.7. The van der Waals surface area contributed by atoms with Gasteiger partial charge >= 0.3 is 0 Å². The minimum atomic E-state index is -1.03. The summed E-state index contributed by atoms with van der Waals surface area (Å²) < 4.78 is 12.9. The summed E-state index contributed by atoms with van der Waals surface area (Å²) in [5.41, 5.74) is 5.27. The van der Waals surface area contributed by atoms with Crippen LogP contribution in [0.1, 0.15) is 60.3 Å². The molecular formula is C25H33NO4. The predicted molar refractivity (Wildman–Crippen MR) is 119 cm³/mol. The van der Waals surface area contributed by atoms with E-state index in [-0.39, 0.29) is 23.9 Å². The molecule has 5 nitrogen and oxygen atoms in total. The van der Waals surface area contributed by atoms with Crippen molar-refractivity contribution in [1.82, 2.24) is 0 Å². The van der Waals surface area contributed by atoms with Crippen molar-refractivity contribution in [1.29, 1.82) is 0 Å². The van der Waals surface area contributed by atoms with Crippen LogP contribution in [0.4, 0.5) is 0 Å². The van der Waals surface area contributed by atoms with Gasteiger partial charge in [0.15, 0.2) is 5.78 Å². The zero-order valence-corrected chi connectivity index (χ0v) is 18.6. The molecule has 0 aromatic heterocycles. The average molecular weight is 412 g/mol. The Morgan fingerprint density at radius 1 is 1.23 bits per heavy atom. The van der Waals surface area contributed by atoms with Gasteiger partial charge in [-0.3, -0.25) is 4.79 Å². The molecule has 2 aliphatic heterocycles. The van der Waals surface area contributed by atoms with Gasteiger partial charge in [-0.25, -0.2) is 0 Å². The number of rotatable bonds is 5. The third-order valence-corrected chi connectivity index (χ3v) is 5.85. The minimum Gasteiger partial charge on any atom is -0.411 e. The average Bonchev–Trinajstić information content (AvgIpc) is 2.62. The standard InChI is InChI=1S/C25H33NO4/c1-16(2)7-6-8-17(3)9-21-10-18(4)13-25(29-21)14-20(15-26-28)22-12-23(27)19(5)11-24(22)30-25/h7,9,11,13-15,21-22,24,28H,6,8,10,12H2,1-5H3/b17-9+,26-15+/t21-,22-,24-,25+/m1/s1. The Kier molecular flexibility index (Phi) is 6.94. The van der Waals surface area contributed by atoms with Crippen LogP contribution in [-0.4, -0.2) is 35.2 Å². The number of ether oxygens (including phenoxy) is 2. The van der Waals surface area contributed by atoms with Crippen LogP contribution in [0.15, 0.2) is 63.4 Å². The van der Waals surface area contributed by atoms with Gasteiger partial charge in [0, 0.05) is 12.3 Å². The first-order chi connectivity index (χ1) is 14.2. The van der Waals surface area contributed by atoms with E-state index >= 15 is 0 Å². The van der Waals surface area contributed by atoms with E-state index in [9.17, 15) is 10.0 Å². The fraction of sp³-hybridized carbons (Fsp3) is 0.520. The molecule has 162 valence electrons. The molecule has 0 aromatic carbocycles. The van der Waals surface area contributed by atoms with Crippen molar-refractivity contribution < 1.29 is 19.5 Å². The van der Waals surface area contributed by atoms with Crippen LogP contribution in [0, 0.1) is 5.92 Å². The number of nitrogens with zero attached hydrogens (tertiary/aromatic N) is 1. The van der Waals surface area contributed by atoms with Gasteiger partial charge in [0.2, 0.25) is 5.79 Å². The van der Waals surface area contributed by atoms with Crippen molar-refractivity contribution >= 4 is 12.0 Å². The Morgan fingerprint density at radius 2 is 2.00 bits per heavy atom. The van der Waals surface area contributed by atoms with Crippen molar-refractivity contribution in [3.8, 4) is 0 Å². The molecule has 2 heterocycles. The topological polar surface area (TPSA) is 68.1 Å². The van der Waals surface area contributed by atoms with Gasteiger partial charge in [0.1, 0.15) is 0 Å². The Labute approximate surface area is 179 Å². The van der Waals surface area contributed by atoms with Crippen LogP contribution in [-0.2, 0) is 14.3 Å². The molecule has 1 N–H and O–H groups in total. The van der Waals surface area contributed by atoms with Crippen molar-refractivity contribution in [2.75, 3.05) is 0 Å². The SMILES string of the molecule is CC(C)=CCC/C(C)=C/[C@@H]1CC(C)=C[C@]2(C=C(/C=N/O)[C@H]3CC(=O)C(C)=C[C@H]3O2)O1. The normalized spacial score (nSPS) is 31.9. The number of hydrogen-bond acceptors (Lipinski definition) is 5. The predicted octanol–water partition coefficient (Wildman–Crippen LogP) is 5.43. The number of ketones is 1. The van der Waals surface area contributed by atoms with Gasteiger partial charge in [-0.05, 0) is 83.3 Å². The summed E-state index contributed by atoms with van der Waals surface area (Å²) >= 11 is 0. The van der Waals surface area contributed by atoms with E-state index in [0.29, 0.717) is 12.0 Å². The van der Waals surface area contributed by atoms with Gasteiger partial charge in [-0.15, -0.1) is 0 Å². The molecule has 0 radical (unpaired) electrons. The summed E-state index contributed by atoms with van der Waals surface area (Å²) in [6.45, 7) is 10.3. The fourth-order valence-corrected chi connectivity index (χ4v) is 4.39. The number of fused-ring (bicyclic) bond motifs is 1. The number of hydrogen-bond donors (Lipinski definition) is 1. The second-order valence-corrected chi connectivity index (χ2v) is 8.96. The van der Waals surface area contributed by atoms with E-state index in [2.05, 4.69) is 45.0 Å². The quantitative estimate of drug-likeness (QED) is 0.283. The van der Waals surface area contributed by atoms with Crippen LogP contribution in [0.2, 0.25) is 0 Å². The third-order valence-electron chi connectivity index (χ3n) is 5.85. The first-order valence-electron chi connectivity index (χ1n) is 10.7. The Hall–Kier alpha value is -2.24. The third kappa shape index (κ3) is 5.27. The summed E-state index contributed by atoms with van der Waals surface area (Å²) in [5.74, 6) is -1.10. The van der Waals surface area contributed by atoms with E-state index in [1.54, 1.807) is 0 Å². The number of oxime groups is 1. The van der Waals surface area contributed by atoms with Gasteiger partial charge < -0.3 is 14.7 Å². The number of carbonyl (C=O) groups is 1. The van der Waals surface area contributed by atoms with Crippen LogP contribution in [0.3, 0.4) is 0 Å². The lowest BCUT2D eigenvalue weighted by molar-refractivity contribution is -0.223. The Bertz CT molecular complexity index is 870. The summed E-state index contributed by atoms with van der Waals surface area (Å²) in [5, 5.41) is 12.4. The van der Waals surface area contributed by atoms with Crippen molar-refractivity contribution in [2.45, 2.75) is 78.3 Å². The maximum atomic E-state index is 12.2. The van der Waals surface area contributed by atoms with E-state index in [0.717, 1.165) is 24.8 Å². The monoisotopic (exact) mass is 411 g/mol. The van der Waals surface area contributed by atoms with Gasteiger partial charge in [-0.1, -0.05) is 34.0 Å². The summed E-state index contributed by atoms with van der Waals surface area (Å²) in [7, 11) is 0. The van der Waals surface area contributed by atoms with Crippen LogP contribution in [0.5, 0.6) is 0 Å². The molecule has 1 spiro atoms. The lowest BCUT2D eigenvalue weighted by Crippen LogP contribution is -2.48. The molecule has 0 aromatic rings. The zero-order valence-electron chi connectivity index (χ0n) is 18.6. The molecule has 1 aliphatic carbocycles. The molecule has 0 bridgehead atoms. The number of carbonyl (C=O) groups excluding carboxylic acids is 1. The minimum absolute atomic E-state index is 0.0946. The molecule has 0 saturated carbocycles. The largest absolute Gasteiger partial charge is 0.411 e. The molecule has 0 amide bonds. The molecule has 30 heavy (non-hydrogen) atoms. The van der Waals surface area contributed by atoms with Crippen LogP contribution >= 0.6 is 0 Å². The molecule has 0 saturated heterocycles. The van der Waals surface area contributed by atoms with Crippen molar-refractivity contribution in [3.63, 3.8) is 0 Å². The smallest absolute Gasteiger partial charge is 0.209 e. The molecule has 4 atom stereocenters. The number of Topliss-reactive ketones (excluding diaryl/α,β-unsaturated/α-hetero) is 1. The van der Waals surface area contributed by atoms with Crippen LogP contribution in [0.25, 0.3) is 0 Å². The maximum absolute atomic E-state index is 12.2. The molecule has 0 fully saturated rings. The molecule has 3 aliphatic rings. The first-order valence-corrected chi connectivity index (χ1v) is 10.7. The molecule has 0 unspecified atom stereocenters. The van der Waals surface area contributed by atoms with Crippen molar-refractivity contribution in [2.24, 2.45) is 11.1 Å².